The molecule has 0 unspecified atom stereocenters. The lowest BCUT2D eigenvalue weighted by molar-refractivity contribution is -0.0881. The van der Waals surface area contributed by atoms with Crippen LogP contribution in [0.15, 0.2) is 73.2 Å². The number of aryl methyl sites for hydroxylation is 1. The van der Waals surface area contributed by atoms with Gasteiger partial charge in [0.05, 0.1) is 17.5 Å². The fourth-order valence-corrected chi connectivity index (χ4v) is 2.67. The normalized spacial score (nSPS) is 12.2. The van der Waals surface area contributed by atoms with Gasteiger partial charge in [0.25, 0.3) is 5.91 Å². The number of carbonyl (C=O) groups is 1. The number of nitrogens with zero attached hydrogens (tertiary/aromatic N) is 4. The van der Waals surface area contributed by atoms with Crippen molar-refractivity contribution in [3.8, 4) is 16.8 Å². The van der Waals surface area contributed by atoms with Gasteiger partial charge in [0.1, 0.15) is 6.33 Å². The predicted molar refractivity (Wildman–Crippen MR) is 109 cm³/mol. The van der Waals surface area contributed by atoms with E-state index in [1.54, 1.807) is 47.7 Å². The maximum atomic E-state index is 12.8. The van der Waals surface area contributed by atoms with Gasteiger partial charge in [-0.3, -0.25) is 4.79 Å². The number of halogens is 3. The first-order valence-corrected chi connectivity index (χ1v) is 8.96. The number of allylic oxidation sites excluding steroid dienone is 3. The molecule has 0 atom stereocenters. The van der Waals surface area contributed by atoms with Crippen LogP contribution in [-0.2, 0) is 0 Å². The fourth-order valence-electron chi connectivity index (χ4n) is 2.67. The number of hydrogen-bond donors (Lipinski definition) is 2. The van der Waals surface area contributed by atoms with Gasteiger partial charge in [-0.1, -0.05) is 6.07 Å². The van der Waals surface area contributed by atoms with Gasteiger partial charge in [-0.25, -0.2) is 14.6 Å². The van der Waals surface area contributed by atoms with E-state index in [0.29, 0.717) is 24.1 Å². The number of benzene rings is 1. The number of rotatable bonds is 6. The molecule has 1 amide bonds. The van der Waals surface area contributed by atoms with Gasteiger partial charge in [-0.05, 0) is 36.8 Å². The summed E-state index contributed by atoms with van der Waals surface area (Å²) >= 11 is 0. The second kappa shape index (κ2) is 9.16. The number of alkyl halides is 3. The van der Waals surface area contributed by atoms with E-state index in [1.165, 1.54) is 6.33 Å². The highest BCUT2D eigenvalue weighted by Crippen LogP contribution is 2.26. The second-order valence-corrected chi connectivity index (χ2v) is 6.40. The highest BCUT2D eigenvalue weighted by molar-refractivity contribution is 5.95. The molecule has 0 saturated carbocycles. The van der Waals surface area contributed by atoms with E-state index in [4.69, 9.17) is 5.41 Å². The molecule has 2 N–H and O–H groups in total. The third-order valence-electron chi connectivity index (χ3n) is 4.26. The molecule has 0 aliphatic heterocycles. The number of aromatic nitrogens is 4. The average molecular weight is 426 g/mol. The van der Waals surface area contributed by atoms with Crippen molar-refractivity contribution >= 4 is 12.1 Å². The molecule has 0 saturated heterocycles. The Bertz CT molecular complexity index is 1150. The van der Waals surface area contributed by atoms with Crippen LogP contribution in [0, 0.1) is 12.3 Å². The van der Waals surface area contributed by atoms with Crippen LogP contribution in [0.3, 0.4) is 0 Å². The summed E-state index contributed by atoms with van der Waals surface area (Å²) in [4.78, 5) is 20.3. The van der Waals surface area contributed by atoms with Crippen molar-refractivity contribution < 1.29 is 18.0 Å². The molecule has 3 rings (SSSR count). The lowest BCUT2D eigenvalue weighted by Crippen LogP contribution is -2.18. The zero-order valence-electron chi connectivity index (χ0n) is 16.3. The Morgan fingerprint density at radius 3 is 2.58 bits per heavy atom. The topological polar surface area (TPSA) is 96.6 Å². The highest BCUT2D eigenvalue weighted by Gasteiger charge is 2.31. The van der Waals surface area contributed by atoms with Crippen LogP contribution in [0.1, 0.15) is 15.9 Å². The monoisotopic (exact) mass is 426 g/mol. The Balaban J connectivity index is 1.80. The van der Waals surface area contributed by atoms with Gasteiger partial charge in [0, 0.05) is 47.7 Å². The number of carbonyl (C=O) groups excluding carboxylic acids is 1. The first-order valence-electron chi connectivity index (χ1n) is 8.96. The van der Waals surface area contributed by atoms with E-state index < -0.39 is 17.7 Å². The fraction of sp³-hybridized carbons (Fsp3) is 0.0952. The van der Waals surface area contributed by atoms with Gasteiger partial charge in [-0.2, -0.15) is 18.3 Å². The molecule has 0 fully saturated rings. The molecule has 7 nitrogen and oxygen atoms in total. The lowest BCUT2D eigenvalue weighted by Gasteiger charge is -2.09. The van der Waals surface area contributed by atoms with Crippen LogP contribution in [0.2, 0.25) is 0 Å². The molecule has 31 heavy (non-hydrogen) atoms. The molecule has 158 valence electrons. The predicted octanol–water partition coefficient (Wildman–Crippen LogP) is 4.02. The van der Waals surface area contributed by atoms with Crippen LogP contribution in [0.5, 0.6) is 0 Å². The highest BCUT2D eigenvalue weighted by atomic mass is 19.4. The zero-order chi connectivity index (χ0) is 22.4. The largest absolute Gasteiger partial charge is 0.416 e. The van der Waals surface area contributed by atoms with Gasteiger partial charge >= 0.3 is 6.18 Å². The summed E-state index contributed by atoms with van der Waals surface area (Å²) in [5.41, 5.74) is 2.24. The minimum atomic E-state index is -4.63. The Morgan fingerprint density at radius 1 is 1.16 bits per heavy atom. The summed E-state index contributed by atoms with van der Waals surface area (Å²) < 4.78 is 40.0. The summed E-state index contributed by atoms with van der Waals surface area (Å²) in [5.74, 6) is -0.585. The van der Waals surface area contributed by atoms with Crippen LogP contribution < -0.4 is 5.32 Å². The van der Waals surface area contributed by atoms with E-state index in [1.807, 2.05) is 6.92 Å². The van der Waals surface area contributed by atoms with Gasteiger partial charge in [-0.15, -0.1) is 0 Å². The molecule has 0 aliphatic carbocycles. The van der Waals surface area contributed by atoms with Crippen molar-refractivity contribution in [2.45, 2.75) is 13.1 Å². The Hall–Kier alpha value is -4.08. The quantitative estimate of drug-likeness (QED) is 0.460. The summed E-state index contributed by atoms with van der Waals surface area (Å²) in [7, 11) is 0. The first kappa shape index (κ1) is 21.6. The third kappa shape index (κ3) is 5.30. The third-order valence-corrected chi connectivity index (χ3v) is 4.26. The Labute approximate surface area is 175 Å². The van der Waals surface area contributed by atoms with Gasteiger partial charge in [0.2, 0.25) is 0 Å². The molecular weight excluding hydrogens is 409 g/mol. The van der Waals surface area contributed by atoms with Crippen molar-refractivity contribution in [2.24, 2.45) is 0 Å². The summed E-state index contributed by atoms with van der Waals surface area (Å²) in [5, 5.41) is 13.4. The molecule has 0 spiro atoms. The average Bonchev–Trinajstić information content (AvgIpc) is 3.23. The maximum Gasteiger partial charge on any atom is 0.416 e. The van der Waals surface area contributed by atoms with Crippen molar-refractivity contribution in [1.82, 2.24) is 25.1 Å². The van der Waals surface area contributed by atoms with Crippen molar-refractivity contribution in [3.05, 3.63) is 84.4 Å². The van der Waals surface area contributed by atoms with E-state index in [0.717, 1.165) is 22.9 Å². The van der Waals surface area contributed by atoms with Crippen molar-refractivity contribution in [1.29, 1.82) is 5.41 Å². The molecule has 0 radical (unpaired) electrons. The Morgan fingerprint density at radius 2 is 1.90 bits per heavy atom. The molecule has 10 heteroatoms. The molecule has 0 bridgehead atoms. The zero-order valence-corrected chi connectivity index (χ0v) is 16.3. The second-order valence-electron chi connectivity index (χ2n) is 6.40. The summed E-state index contributed by atoms with van der Waals surface area (Å²) in [6.45, 7) is 1.85. The van der Waals surface area contributed by atoms with Crippen LogP contribution >= 0.6 is 0 Å². The first-order chi connectivity index (χ1) is 14.8. The van der Waals surface area contributed by atoms with Crippen LogP contribution in [-0.4, -0.2) is 38.0 Å². The SMILES string of the molecule is Cc1ccc(C(=O)N/C=C/C(=C\C=N)C(F)(F)F)cc1-n1cc(-c2cncnc2)cn1. The van der Waals surface area contributed by atoms with Crippen molar-refractivity contribution in [3.63, 3.8) is 0 Å². The number of amides is 1. The Kier molecular flexibility index (Phi) is 6.39. The minimum Gasteiger partial charge on any atom is -0.329 e. The van der Waals surface area contributed by atoms with Crippen LogP contribution in [0.4, 0.5) is 13.2 Å². The van der Waals surface area contributed by atoms with E-state index in [9.17, 15) is 18.0 Å². The molecule has 3 aromatic rings. The van der Waals surface area contributed by atoms with Crippen molar-refractivity contribution in [2.75, 3.05) is 0 Å². The molecule has 1 aromatic carbocycles. The standard InChI is InChI=1S/C21H17F3N6O/c1-14-2-3-15(20(31)28-7-5-18(4-6-25)21(22,23)24)8-19(14)30-12-17(11-29-30)16-9-26-13-27-10-16/h2-13,25H,1H3,(H,28,31)/b7-5+,18-4+,25-6?. The maximum absolute atomic E-state index is 12.8. The number of nitrogens with one attached hydrogen (secondary N) is 2. The smallest absolute Gasteiger partial charge is 0.329 e. The van der Waals surface area contributed by atoms with E-state index in [2.05, 4.69) is 20.4 Å². The lowest BCUT2D eigenvalue weighted by atomic mass is 10.1. The van der Waals surface area contributed by atoms with Crippen LogP contribution in [0.25, 0.3) is 16.8 Å². The van der Waals surface area contributed by atoms with Gasteiger partial charge < -0.3 is 10.7 Å². The van der Waals surface area contributed by atoms with E-state index >= 15 is 0 Å². The number of hydrogen-bond acceptors (Lipinski definition) is 5. The molecule has 2 aromatic heterocycles. The molecule has 0 aliphatic rings. The summed E-state index contributed by atoms with van der Waals surface area (Å²) in [6, 6.07) is 4.88. The molecule has 2 heterocycles. The minimum absolute atomic E-state index is 0.245. The molecular formula is C21H17F3N6O. The van der Waals surface area contributed by atoms with Gasteiger partial charge in [0.15, 0.2) is 0 Å². The van der Waals surface area contributed by atoms with E-state index in [-0.39, 0.29) is 5.56 Å². The summed E-state index contributed by atoms with van der Waals surface area (Å²) in [6.07, 6.45) is 6.22.